The molecule has 3 heteroatoms. The summed E-state index contributed by atoms with van der Waals surface area (Å²) < 4.78 is 0. The number of para-hydroxylation sites is 1. The number of hydrogen-bond donors (Lipinski definition) is 1. The van der Waals surface area contributed by atoms with Crippen molar-refractivity contribution in [1.82, 2.24) is 9.88 Å². The average molecular weight is 241 g/mol. The predicted molar refractivity (Wildman–Crippen MR) is 74.3 cm³/mol. The van der Waals surface area contributed by atoms with E-state index in [-0.39, 0.29) is 12.1 Å². The Hall–Kier alpha value is -1.45. The molecule has 0 aliphatic carbocycles. The van der Waals surface area contributed by atoms with Crippen molar-refractivity contribution in [2.24, 2.45) is 5.73 Å². The molecule has 18 heavy (non-hydrogen) atoms. The van der Waals surface area contributed by atoms with Crippen LogP contribution in [0.15, 0.2) is 36.4 Å². The minimum atomic E-state index is 0.192. The highest BCUT2D eigenvalue weighted by molar-refractivity contribution is 5.78. The van der Waals surface area contributed by atoms with Crippen molar-refractivity contribution < 1.29 is 0 Å². The Labute approximate surface area is 108 Å². The number of hydrogen-bond acceptors (Lipinski definition) is 3. The maximum Gasteiger partial charge on any atom is 0.0706 e. The number of benzene rings is 1. The Balaban J connectivity index is 2.02. The fourth-order valence-corrected chi connectivity index (χ4v) is 2.89. The number of likely N-dealkylation sites (tertiary alicyclic amines) is 1. The van der Waals surface area contributed by atoms with Gasteiger partial charge in [-0.15, -0.1) is 0 Å². The van der Waals surface area contributed by atoms with E-state index in [1.165, 1.54) is 11.8 Å². The van der Waals surface area contributed by atoms with E-state index in [1.54, 1.807) is 0 Å². The fraction of sp³-hybridized carbons (Fsp3) is 0.400. The van der Waals surface area contributed by atoms with Gasteiger partial charge in [0, 0.05) is 11.4 Å². The topological polar surface area (TPSA) is 42.1 Å². The van der Waals surface area contributed by atoms with E-state index in [1.807, 2.05) is 12.1 Å². The molecule has 2 N–H and O–H groups in total. The number of nitrogens with two attached hydrogens (primary N) is 1. The lowest BCUT2D eigenvalue weighted by Crippen LogP contribution is -2.44. The van der Waals surface area contributed by atoms with Crippen LogP contribution in [-0.4, -0.2) is 29.5 Å². The zero-order valence-electron chi connectivity index (χ0n) is 10.7. The molecule has 2 aromatic rings. The Bertz CT molecular complexity index is 542. The van der Waals surface area contributed by atoms with Gasteiger partial charge in [0.2, 0.25) is 0 Å². The van der Waals surface area contributed by atoms with Crippen molar-refractivity contribution >= 4 is 10.9 Å². The molecule has 1 saturated heterocycles. The van der Waals surface area contributed by atoms with Crippen LogP contribution in [0.25, 0.3) is 10.9 Å². The third kappa shape index (κ3) is 2.00. The van der Waals surface area contributed by atoms with Crippen LogP contribution in [-0.2, 0) is 0 Å². The average Bonchev–Trinajstić information content (AvgIpc) is 2.38. The number of fused-ring (bicyclic) bond motifs is 1. The van der Waals surface area contributed by atoms with Gasteiger partial charge in [-0.25, -0.2) is 0 Å². The summed E-state index contributed by atoms with van der Waals surface area (Å²) in [7, 11) is 2.14. The Morgan fingerprint density at radius 2 is 2.06 bits per heavy atom. The van der Waals surface area contributed by atoms with E-state index in [4.69, 9.17) is 10.7 Å². The Morgan fingerprint density at radius 3 is 2.89 bits per heavy atom. The number of likely N-dealkylation sites (N-methyl/N-ethyl adjacent to an activating group) is 1. The Kier molecular flexibility index (Phi) is 3.02. The normalized spacial score (nSPS) is 25.4. The van der Waals surface area contributed by atoms with E-state index in [0.29, 0.717) is 0 Å². The predicted octanol–water partition coefficient (Wildman–Crippen LogP) is 2.33. The monoisotopic (exact) mass is 241 g/mol. The van der Waals surface area contributed by atoms with E-state index in [0.717, 1.165) is 24.2 Å². The minimum absolute atomic E-state index is 0.192. The van der Waals surface area contributed by atoms with Gasteiger partial charge in [0.15, 0.2) is 0 Å². The van der Waals surface area contributed by atoms with Gasteiger partial charge in [-0.3, -0.25) is 9.88 Å². The first kappa shape index (κ1) is 11.6. The number of aromatic nitrogens is 1. The molecule has 0 spiro atoms. The summed E-state index contributed by atoms with van der Waals surface area (Å²) in [6, 6.07) is 12.9. The van der Waals surface area contributed by atoms with Gasteiger partial charge in [-0.2, -0.15) is 0 Å². The molecule has 1 aliphatic rings. The second-order valence-corrected chi connectivity index (χ2v) is 5.16. The summed E-state index contributed by atoms with van der Waals surface area (Å²) in [4.78, 5) is 7.10. The van der Waals surface area contributed by atoms with Crippen LogP contribution in [0, 0.1) is 0 Å². The molecular formula is C15H19N3. The number of pyridine rings is 1. The molecule has 3 rings (SSSR count). The van der Waals surface area contributed by atoms with Crippen LogP contribution in [0.3, 0.4) is 0 Å². The first-order valence-electron chi connectivity index (χ1n) is 6.57. The van der Waals surface area contributed by atoms with Crippen molar-refractivity contribution in [3.63, 3.8) is 0 Å². The SMILES string of the molecule is CN1CCCC(N)C1c1ccc2ccccc2n1. The quantitative estimate of drug-likeness (QED) is 0.833. The highest BCUT2D eigenvalue weighted by atomic mass is 15.2. The summed E-state index contributed by atoms with van der Waals surface area (Å²) in [5.74, 6) is 0. The van der Waals surface area contributed by atoms with Crippen LogP contribution in [0.5, 0.6) is 0 Å². The van der Waals surface area contributed by atoms with Gasteiger partial charge in [0.25, 0.3) is 0 Å². The van der Waals surface area contributed by atoms with Gasteiger partial charge in [0.1, 0.15) is 0 Å². The van der Waals surface area contributed by atoms with Gasteiger partial charge >= 0.3 is 0 Å². The molecule has 2 atom stereocenters. The number of rotatable bonds is 1. The lowest BCUT2D eigenvalue weighted by Gasteiger charge is -2.36. The van der Waals surface area contributed by atoms with E-state index < -0.39 is 0 Å². The van der Waals surface area contributed by atoms with Gasteiger partial charge < -0.3 is 5.73 Å². The zero-order valence-corrected chi connectivity index (χ0v) is 10.7. The van der Waals surface area contributed by atoms with E-state index in [2.05, 4.69) is 36.2 Å². The van der Waals surface area contributed by atoms with Gasteiger partial charge in [-0.05, 0) is 38.6 Å². The van der Waals surface area contributed by atoms with Crippen molar-refractivity contribution in [3.8, 4) is 0 Å². The Morgan fingerprint density at radius 1 is 1.22 bits per heavy atom. The summed E-state index contributed by atoms with van der Waals surface area (Å²) in [6.07, 6.45) is 2.27. The molecule has 1 aliphatic heterocycles. The second kappa shape index (κ2) is 4.67. The second-order valence-electron chi connectivity index (χ2n) is 5.16. The van der Waals surface area contributed by atoms with Crippen LogP contribution in [0.1, 0.15) is 24.6 Å². The molecule has 2 heterocycles. The standard InChI is InChI=1S/C15H19N3/c1-18-10-4-6-12(16)15(18)14-9-8-11-5-2-3-7-13(11)17-14/h2-3,5,7-9,12,15H,4,6,10,16H2,1H3. The molecule has 1 aromatic heterocycles. The molecular weight excluding hydrogens is 222 g/mol. The van der Waals surface area contributed by atoms with Crippen LogP contribution in [0.2, 0.25) is 0 Å². The largest absolute Gasteiger partial charge is 0.326 e. The molecule has 2 unspecified atom stereocenters. The molecule has 0 amide bonds. The molecule has 0 saturated carbocycles. The maximum absolute atomic E-state index is 6.26. The molecule has 1 aromatic carbocycles. The van der Waals surface area contributed by atoms with Crippen molar-refractivity contribution in [2.45, 2.75) is 24.9 Å². The van der Waals surface area contributed by atoms with Gasteiger partial charge in [0.05, 0.1) is 17.3 Å². The fourth-order valence-electron chi connectivity index (χ4n) is 2.89. The van der Waals surface area contributed by atoms with Crippen molar-refractivity contribution in [3.05, 3.63) is 42.1 Å². The lowest BCUT2D eigenvalue weighted by molar-refractivity contribution is 0.159. The zero-order chi connectivity index (χ0) is 12.5. The molecule has 1 fully saturated rings. The first-order chi connectivity index (χ1) is 8.75. The van der Waals surface area contributed by atoms with E-state index >= 15 is 0 Å². The number of piperidine rings is 1. The van der Waals surface area contributed by atoms with E-state index in [9.17, 15) is 0 Å². The van der Waals surface area contributed by atoms with Crippen LogP contribution < -0.4 is 5.73 Å². The summed E-state index contributed by atoms with van der Waals surface area (Å²) in [5.41, 5.74) is 8.42. The highest BCUT2D eigenvalue weighted by Crippen LogP contribution is 2.28. The summed E-state index contributed by atoms with van der Waals surface area (Å²) in [6.45, 7) is 1.10. The first-order valence-corrected chi connectivity index (χ1v) is 6.57. The summed E-state index contributed by atoms with van der Waals surface area (Å²) in [5, 5.41) is 1.19. The molecule has 0 radical (unpaired) electrons. The minimum Gasteiger partial charge on any atom is -0.326 e. The van der Waals surface area contributed by atoms with Crippen molar-refractivity contribution in [1.29, 1.82) is 0 Å². The smallest absolute Gasteiger partial charge is 0.0706 e. The van der Waals surface area contributed by atoms with Crippen LogP contribution in [0.4, 0.5) is 0 Å². The molecule has 0 bridgehead atoms. The summed E-state index contributed by atoms with van der Waals surface area (Å²) >= 11 is 0. The highest BCUT2D eigenvalue weighted by Gasteiger charge is 2.28. The van der Waals surface area contributed by atoms with Crippen molar-refractivity contribution in [2.75, 3.05) is 13.6 Å². The third-order valence-corrected chi connectivity index (χ3v) is 3.85. The third-order valence-electron chi connectivity index (χ3n) is 3.85. The van der Waals surface area contributed by atoms with Crippen LogP contribution >= 0.6 is 0 Å². The molecule has 3 nitrogen and oxygen atoms in total. The number of nitrogens with zero attached hydrogens (tertiary/aromatic N) is 2. The molecule has 94 valence electrons. The lowest BCUT2D eigenvalue weighted by atomic mass is 9.94. The maximum atomic E-state index is 6.26. The van der Waals surface area contributed by atoms with Gasteiger partial charge in [-0.1, -0.05) is 24.3 Å².